The Morgan fingerprint density at radius 1 is 1.29 bits per heavy atom. The lowest BCUT2D eigenvalue weighted by molar-refractivity contribution is 0.480. The Bertz CT molecular complexity index is 710. The Morgan fingerprint density at radius 3 is 2.94 bits per heavy atom. The van der Waals surface area contributed by atoms with Gasteiger partial charge in [-0.25, -0.2) is 4.79 Å². The molecule has 0 aliphatic carbocycles. The summed E-state index contributed by atoms with van der Waals surface area (Å²) in [6.07, 6.45) is 0. The standard InChI is InChI=1S/C12H10N2O2S/c15-10-5-1-4-9-11(10)13-12(16)14(9)7-8-3-2-6-17-8/h1-6,15H,7H2,(H,13,16). The van der Waals surface area contributed by atoms with Crippen molar-refractivity contribution in [2.45, 2.75) is 6.54 Å². The van der Waals surface area contributed by atoms with Crippen molar-refractivity contribution in [1.29, 1.82) is 0 Å². The Kier molecular flexibility index (Phi) is 2.26. The molecule has 0 aliphatic rings. The van der Waals surface area contributed by atoms with E-state index in [1.807, 2.05) is 23.6 Å². The van der Waals surface area contributed by atoms with Crippen LogP contribution in [0, 0.1) is 0 Å². The lowest BCUT2D eigenvalue weighted by atomic mass is 10.3. The summed E-state index contributed by atoms with van der Waals surface area (Å²) >= 11 is 1.61. The number of aromatic hydroxyl groups is 1. The number of fused-ring (bicyclic) bond motifs is 1. The van der Waals surface area contributed by atoms with Gasteiger partial charge in [0.25, 0.3) is 0 Å². The first-order valence-corrected chi connectivity index (χ1v) is 6.06. The van der Waals surface area contributed by atoms with Crippen LogP contribution in [-0.4, -0.2) is 14.7 Å². The summed E-state index contributed by atoms with van der Waals surface area (Å²) < 4.78 is 1.63. The second-order valence-corrected chi connectivity index (χ2v) is 4.80. The number of para-hydroxylation sites is 1. The number of benzene rings is 1. The number of nitrogens with zero attached hydrogens (tertiary/aromatic N) is 1. The largest absolute Gasteiger partial charge is 0.506 e. The minimum Gasteiger partial charge on any atom is -0.506 e. The van der Waals surface area contributed by atoms with Crippen molar-refractivity contribution in [3.8, 4) is 5.75 Å². The Hall–Kier alpha value is -2.01. The maximum Gasteiger partial charge on any atom is 0.326 e. The number of phenolic OH excluding ortho intramolecular Hbond substituents is 1. The predicted molar refractivity (Wildman–Crippen MR) is 67.6 cm³/mol. The van der Waals surface area contributed by atoms with E-state index in [1.165, 1.54) is 0 Å². The van der Waals surface area contributed by atoms with Crippen LogP contribution >= 0.6 is 11.3 Å². The molecule has 0 amide bonds. The summed E-state index contributed by atoms with van der Waals surface area (Å²) in [7, 11) is 0. The molecule has 0 fully saturated rings. The summed E-state index contributed by atoms with van der Waals surface area (Å²) in [5.41, 5.74) is 1.02. The van der Waals surface area contributed by atoms with Gasteiger partial charge in [0.2, 0.25) is 0 Å². The first-order valence-electron chi connectivity index (χ1n) is 5.18. The van der Waals surface area contributed by atoms with E-state index in [-0.39, 0.29) is 11.4 Å². The van der Waals surface area contributed by atoms with Crippen LogP contribution in [0.3, 0.4) is 0 Å². The Balaban J connectivity index is 2.19. The van der Waals surface area contributed by atoms with Crippen molar-refractivity contribution in [2.75, 3.05) is 0 Å². The molecule has 17 heavy (non-hydrogen) atoms. The van der Waals surface area contributed by atoms with E-state index in [0.29, 0.717) is 12.1 Å². The Morgan fingerprint density at radius 2 is 2.18 bits per heavy atom. The molecule has 2 N–H and O–H groups in total. The van der Waals surface area contributed by atoms with E-state index in [9.17, 15) is 9.90 Å². The zero-order chi connectivity index (χ0) is 11.8. The minimum atomic E-state index is -0.199. The third-order valence-corrected chi connectivity index (χ3v) is 3.54. The van der Waals surface area contributed by atoms with Gasteiger partial charge >= 0.3 is 5.69 Å². The van der Waals surface area contributed by atoms with Gasteiger partial charge in [-0.2, -0.15) is 0 Å². The van der Waals surface area contributed by atoms with Crippen LogP contribution in [0.1, 0.15) is 4.88 Å². The van der Waals surface area contributed by atoms with Crippen molar-refractivity contribution in [3.63, 3.8) is 0 Å². The zero-order valence-corrected chi connectivity index (χ0v) is 9.70. The predicted octanol–water partition coefficient (Wildman–Crippen LogP) is 2.14. The van der Waals surface area contributed by atoms with Crippen molar-refractivity contribution in [2.24, 2.45) is 0 Å². The number of aromatic nitrogens is 2. The van der Waals surface area contributed by atoms with Gasteiger partial charge in [0, 0.05) is 4.88 Å². The second-order valence-electron chi connectivity index (χ2n) is 3.77. The fourth-order valence-electron chi connectivity index (χ4n) is 1.88. The molecule has 0 bridgehead atoms. The molecule has 1 aromatic carbocycles. The van der Waals surface area contributed by atoms with Gasteiger partial charge in [-0.15, -0.1) is 11.3 Å². The molecule has 0 aliphatic heterocycles. The highest BCUT2D eigenvalue weighted by Crippen LogP contribution is 2.22. The van der Waals surface area contributed by atoms with Gasteiger partial charge in [0.15, 0.2) is 0 Å². The number of hydrogen-bond donors (Lipinski definition) is 2. The lowest BCUT2D eigenvalue weighted by Crippen LogP contribution is -2.16. The molecule has 2 heterocycles. The van der Waals surface area contributed by atoms with Crippen LogP contribution in [0.5, 0.6) is 5.75 Å². The topological polar surface area (TPSA) is 58.0 Å². The first-order chi connectivity index (χ1) is 8.25. The number of hydrogen-bond acceptors (Lipinski definition) is 3. The summed E-state index contributed by atoms with van der Waals surface area (Å²) in [6.45, 7) is 0.528. The monoisotopic (exact) mass is 246 g/mol. The average Bonchev–Trinajstić information content (AvgIpc) is 2.91. The molecule has 4 nitrogen and oxygen atoms in total. The smallest absolute Gasteiger partial charge is 0.326 e. The highest BCUT2D eigenvalue weighted by molar-refractivity contribution is 7.09. The summed E-state index contributed by atoms with van der Waals surface area (Å²) in [5, 5.41) is 11.6. The van der Waals surface area contributed by atoms with Crippen LogP contribution in [-0.2, 0) is 6.54 Å². The maximum absolute atomic E-state index is 11.8. The second kappa shape index (κ2) is 3.78. The summed E-state index contributed by atoms with van der Waals surface area (Å²) in [4.78, 5) is 15.6. The Labute approximate surface area is 101 Å². The van der Waals surface area contributed by atoms with Gasteiger partial charge in [-0.3, -0.25) is 4.57 Å². The lowest BCUT2D eigenvalue weighted by Gasteiger charge is -2.01. The zero-order valence-electron chi connectivity index (χ0n) is 8.88. The molecule has 0 saturated heterocycles. The van der Waals surface area contributed by atoms with Gasteiger partial charge < -0.3 is 10.1 Å². The normalized spacial score (nSPS) is 11.1. The highest BCUT2D eigenvalue weighted by Gasteiger charge is 2.09. The fourth-order valence-corrected chi connectivity index (χ4v) is 2.57. The highest BCUT2D eigenvalue weighted by atomic mass is 32.1. The molecule has 3 rings (SSSR count). The minimum absolute atomic E-state index is 0.101. The van der Waals surface area contributed by atoms with Gasteiger partial charge in [0.1, 0.15) is 11.3 Å². The van der Waals surface area contributed by atoms with E-state index in [2.05, 4.69) is 4.98 Å². The number of aromatic amines is 1. The van der Waals surface area contributed by atoms with E-state index < -0.39 is 0 Å². The van der Waals surface area contributed by atoms with Crippen LogP contribution in [0.25, 0.3) is 11.0 Å². The van der Waals surface area contributed by atoms with Crippen LogP contribution in [0.2, 0.25) is 0 Å². The molecule has 2 aromatic heterocycles. The van der Waals surface area contributed by atoms with Crippen LogP contribution in [0.15, 0.2) is 40.5 Å². The van der Waals surface area contributed by atoms with Crippen molar-refractivity contribution in [3.05, 3.63) is 51.1 Å². The van der Waals surface area contributed by atoms with E-state index in [0.717, 1.165) is 10.4 Å². The molecule has 5 heteroatoms. The van der Waals surface area contributed by atoms with Gasteiger partial charge in [-0.05, 0) is 23.6 Å². The first kappa shape index (κ1) is 10.2. The van der Waals surface area contributed by atoms with Crippen LogP contribution in [0.4, 0.5) is 0 Å². The number of thiophene rings is 1. The van der Waals surface area contributed by atoms with Gasteiger partial charge in [0.05, 0.1) is 12.1 Å². The van der Waals surface area contributed by atoms with Crippen molar-refractivity contribution in [1.82, 2.24) is 9.55 Å². The van der Waals surface area contributed by atoms with E-state index in [4.69, 9.17) is 0 Å². The number of rotatable bonds is 2. The SMILES string of the molecule is O=c1[nH]c2c(O)cccc2n1Cc1cccs1. The van der Waals surface area contributed by atoms with Crippen molar-refractivity contribution < 1.29 is 5.11 Å². The summed E-state index contributed by atoms with van der Waals surface area (Å²) in [5.74, 6) is 0.101. The maximum atomic E-state index is 11.8. The molecule has 0 radical (unpaired) electrons. The number of nitrogens with one attached hydrogen (secondary N) is 1. The summed E-state index contributed by atoms with van der Waals surface area (Å²) in [6, 6.07) is 9.06. The molecular formula is C12H10N2O2S. The quantitative estimate of drug-likeness (QED) is 0.728. The third-order valence-electron chi connectivity index (χ3n) is 2.68. The molecule has 0 saturated carbocycles. The van der Waals surface area contributed by atoms with Crippen LogP contribution < -0.4 is 5.69 Å². The van der Waals surface area contributed by atoms with Crippen molar-refractivity contribution >= 4 is 22.4 Å². The van der Waals surface area contributed by atoms with E-state index >= 15 is 0 Å². The number of phenols is 1. The average molecular weight is 246 g/mol. The molecule has 0 unspecified atom stereocenters. The third kappa shape index (κ3) is 1.64. The molecule has 0 spiro atoms. The molecule has 3 aromatic rings. The van der Waals surface area contributed by atoms with E-state index in [1.54, 1.807) is 28.0 Å². The molecule has 86 valence electrons. The molecular weight excluding hydrogens is 236 g/mol. The number of H-pyrrole nitrogens is 1. The fraction of sp³-hybridized carbons (Fsp3) is 0.0833. The molecule has 0 atom stereocenters. The van der Waals surface area contributed by atoms with Gasteiger partial charge in [-0.1, -0.05) is 12.1 Å². The number of imidazole rings is 1.